The summed E-state index contributed by atoms with van der Waals surface area (Å²) in [5.41, 5.74) is 1.64. The minimum absolute atomic E-state index is 0.200. The summed E-state index contributed by atoms with van der Waals surface area (Å²) in [6, 6.07) is 17.0. The standard InChI is InChI=1S/C28H42N2O5S/c1-3-4-5-6-7-14-19-26(30-36(33,34)22-25-17-12-9-13-18-25)28(32)29-27(20-31)23(2)35-21-24-15-10-8-11-16-24/h8-13,15-18,23,26-27,30-31H,3-7,14,19-22H2,1-2H3,(H,29,32). The van der Waals surface area contributed by atoms with Crippen LogP contribution in [-0.4, -0.2) is 44.2 Å². The van der Waals surface area contributed by atoms with Crippen LogP contribution in [0.25, 0.3) is 0 Å². The Morgan fingerprint density at radius 1 is 0.917 bits per heavy atom. The number of amides is 1. The number of unbranched alkanes of at least 4 members (excludes halogenated alkanes) is 5. The van der Waals surface area contributed by atoms with Crippen LogP contribution in [0.4, 0.5) is 0 Å². The van der Waals surface area contributed by atoms with E-state index >= 15 is 0 Å². The summed E-state index contributed by atoms with van der Waals surface area (Å²) in [7, 11) is -3.74. The molecule has 0 spiro atoms. The highest BCUT2D eigenvalue weighted by Crippen LogP contribution is 2.13. The van der Waals surface area contributed by atoms with Gasteiger partial charge in [0, 0.05) is 0 Å². The van der Waals surface area contributed by atoms with Crippen LogP contribution in [0.15, 0.2) is 60.7 Å². The van der Waals surface area contributed by atoms with Gasteiger partial charge in [-0.05, 0) is 24.5 Å². The van der Waals surface area contributed by atoms with Crippen LogP contribution in [-0.2, 0) is 31.9 Å². The molecule has 3 atom stereocenters. The zero-order valence-electron chi connectivity index (χ0n) is 21.6. The summed E-state index contributed by atoms with van der Waals surface area (Å²) in [5, 5.41) is 12.7. The Balaban J connectivity index is 2.00. The molecular formula is C28H42N2O5S. The molecule has 0 aromatic heterocycles. The van der Waals surface area contributed by atoms with Crippen LogP contribution in [0.5, 0.6) is 0 Å². The lowest BCUT2D eigenvalue weighted by Crippen LogP contribution is -2.53. The molecule has 200 valence electrons. The molecule has 3 unspecified atom stereocenters. The van der Waals surface area contributed by atoms with Crippen molar-refractivity contribution >= 4 is 15.9 Å². The summed E-state index contributed by atoms with van der Waals surface area (Å²) in [6.07, 6.45) is 6.12. The van der Waals surface area contributed by atoms with Gasteiger partial charge >= 0.3 is 0 Å². The lowest BCUT2D eigenvalue weighted by molar-refractivity contribution is -0.125. The lowest BCUT2D eigenvalue weighted by Gasteiger charge is -2.26. The quantitative estimate of drug-likeness (QED) is 0.255. The van der Waals surface area contributed by atoms with Gasteiger partial charge in [0.25, 0.3) is 0 Å². The first kappa shape index (κ1) is 30.0. The Morgan fingerprint density at radius 2 is 1.50 bits per heavy atom. The van der Waals surface area contributed by atoms with Crippen LogP contribution in [0.2, 0.25) is 0 Å². The Kier molecular flexibility index (Phi) is 13.7. The van der Waals surface area contributed by atoms with Gasteiger partial charge in [-0.2, -0.15) is 0 Å². The molecule has 2 aromatic carbocycles. The van der Waals surface area contributed by atoms with Crippen molar-refractivity contribution in [2.45, 2.75) is 89.3 Å². The van der Waals surface area contributed by atoms with E-state index in [2.05, 4.69) is 17.0 Å². The molecule has 0 aliphatic rings. The van der Waals surface area contributed by atoms with Crippen molar-refractivity contribution in [1.29, 1.82) is 0 Å². The van der Waals surface area contributed by atoms with Crippen molar-refractivity contribution in [3.63, 3.8) is 0 Å². The highest BCUT2D eigenvalue weighted by molar-refractivity contribution is 7.88. The third-order valence-electron chi connectivity index (χ3n) is 6.13. The monoisotopic (exact) mass is 518 g/mol. The third kappa shape index (κ3) is 11.6. The second-order valence-electron chi connectivity index (χ2n) is 9.27. The summed E-state index contributed by atoms with van der Waals surface area (Å²) in [6.45, 7) is 3.97. The molecule has 0 bridgehead atoms. The van der Waals surface area contributed by atoms with Gasteiger partial charge in [-0.25, -0.2) is 13.1 Å². The molecule has 0 saturated carbocycles. The predicted octanol–water partition coefficient (Wildman–Crippen LogP) is 4.31. The number of sulfonamides is 1. The number of ether oxygens (including phenoxy) is 1. The molecule has 8 heteroatoms. The molecule has 0 heterocycles. The maximum absolute atomic E-state index is 13.2. The van der Waals surface area contributed by atoms with E-state index in [4.69, 9.17) is 4.74 Å². The maximum Gasteiger partial charge on any atom is 0.238 e. The molecular weight excluding hydrogens is 476 g/mol. The van der Waals surface area contributed by atoms with Gasteiger partial charge in [0.2, 0.25) is 15.9 Å². The maximum atomic E-state index is 13.2. The molecule has 0 radical (unpaired) electrons. The summed E-state index contributed by atoms with van der Waals surface area (Å²) in [4.78, 5) is 13.2. The van der Waals surface area contributed by atoms with Gasteiger partial charge in [0.05, 0.1) is 31.1 Å². The molecule has 0 fully saturated rings. The number of carbonyl (C=O) groups is 1. The van der Waals surface area contributed by atoms with Crippen molar-refractivity contribution in [2.24, 2.45) is 0 Å². The van der Waals surface area contributed by atoms with Gasteiger partial charge in [0.1, 0.15) is 6.04 Å². The van der Waals surface area contributed by atoms with Crippen LogP contribution in [0.1, 0.15) is 69.9 Å². The fraction of sp³-hybridized carbons (Fsp3) is 0.536. The topological polar surface area (TPSA) is 105 Å². The van der Waals surface area contributed by atoms with E-state index in [0.717, 1.165) is 37.7 Å². The van der Waals surface area contributed by atoms with Gasteiger partial charge < -0.3 is 15.2 Å². The first-order chi connectivity index (χ1) is 17.3. The van der Waals surface area contributed by atoms with E-state index in [0.29, 0.717) is 18.6 Å². The van der Waals surface area contributed by atoms with E-state index in [1.165, 1.54) is 6.42 Å². The molecule has 0 aliphatic heterocycles. The van der Waals surface area contributed by atoms with Crippen LogP contribution >= 0.6 is 0 Å². The van der Waals surface area contributed by atoms with Gasteiger partial charge in [-0.15, -0.1) is 0 Å². The van der Waals surface area contributed by atoms with Crippen LogP contribution < -0.4 is 10.0 Å². The Morgan fingerprint density at radius 3 is 2.11 bits per heavy atom. The van der Waals surface area contributed by atoms with Gasteiger partial charge in [-0.1, -0.05) is 106 Å². The van der Waals surface area contributed by atoms with Crippen molar-refractivity contribution in [3.8, 4) is 0 Å². The zero-order valence-corrected chi connectivity index (χ0v) is 22.4. The fourth-order valence-corrected chi connectivity index (χ4v) is 5.31. The number of benzene rings is 2. The van der Waals surface area contributed by atoms with Crippen molar-refractivity contribution in [2.75, 3.05) is 6.61 Å². The van der Waals surface area contributed by atoms with E-state index < -0.39 is 34.1 Å². The van der Waals surface area contributed by atoms with Gasteiger partial charge in [-0.3, -0.25) is 4.79 Å². The minimum Gasteiger partial charge on any atom is -0.394 e. The SMILES string of the molecule is CCCCCCCCC(NS(=O)(=O)Cc1ccccc1)C(=O)NC(CO)C(C)OCc1ccccc1. The number of hydrogen-bond acceptors (Lipinski definition) is 5. The lowest BCUT2D eigenvalue weighted by atomic mass is 10.0. The number of aliphatic hydroxyl groups excluding tert-OH is 1. The second-order valence-corrected chi connectivity index (χ2v) is 11.0. The largest absolute Gasteiger partial charge is 0.394 e. The molecule has 36 heavy (non-hydrogen) atoms. The molecule has 3 N–H and O–H groups in total. The zero-order chi connectivity index (χ0) is 26.2. The van der Waals surface area contributed by atoms with Crippen LogP contribution in [0, 0.1) is 0 Å². The van der Waals surface area contributed by atoms with E-state index in [1.807, 2.05) is 36.4 Å². The number of aliphatic hydroxyl groups is 1. The Labute approximate surface area is 216 Å². The number of nitrogens with one attached hydrogen (secondary N) is 2. The molecule has 7 nitrogen and oxygen atoms in total. The molecule has 1 amide bonds. The smallest absolute Gasteiger partial charge is 0.238 e. The van der Waals surface area contributed by atoms with Crippen molar-refractivity contribution in [1.82, 2.24) is 10.0 Å². The van der Waals surface area contributed by atoms with E-state index in [-0.39, 0.29) is 12.4 Å². The highest BCUT2D eigenvalue weighted by Gasteiger charge is 2.28. The van der Waals surface area contributed by atoms with Crippen molar-refractivity contribution in [3.05, 3.63) is 71.8 Å². The number of carbonyl (C=O) groups excluding carboxylic acids is 1. The van der Waals surface area contributed by atoms with Crippen LogP contribution in [0.3, 0.4) is 0 Å². The Hall–Kier alpha value is -2.26. The average Bonchev–Trinajstić information content (AvgIpc) is 2.87. The summed E-state index contributed by atoms with van der Waals surface area (Å²) < 4.78 is 34.2. The first-order valence-corrected chi connectivity index (χ1v) is 14.6. The van der Waals surface area contributed by atoms with E-state index in [9.17, 15) is 18.3 Å². The average molecular weight is 519 g/mol. The Bertz CT molecular complexity index is 970. The molecule has 2 rings (SSSR count). The van der Waals surface area contributed by atoms with Gasteiger partial charge in [0.15, 0.2) is 0 Å². The highest BCUT2D eigenvalue weighted by atomic mass is 32.2. The summed E-state index contributed by atoms with van der Waals surface area (Å²) >= 11 is 0. The first-order valence-electron chi connectivity index (χ1n) is 12.9. The van der Waals surface area contributed by atoms with Crippen molar-refractivity contribution < 1.29 is 23.1 Å². The number of rotatable bonds is 18. The third-order valence-corrected chi connectivity index (χ3v) is 7.49. The molecule has 2 aromatic rings. The van der Waals surface area contributed by atoms with E-state index in [1.54, 1.807) is 31.2 Å². The predicted molar refractivity (Wildman–Crippen MR) is 144 cm³/mol. The molecule has 0 aliphatic carbocycles. The second kappa shape index (κ2) is 16.5. The fourth-order valence-electron chi connectivity index (χ4n) is 3.94. The minimum atomic E-state index is -3.74. The number of hydrogen-bond donors (Lipinski definition) is 3. The normalized spacial score (nSPS) is 14.2. The molecule has 0 saturated heterocycles. The summed E-state index contributed by atoms with van der Waals surface area (Å²) in [5.74, 6) is -0.650.